The largest absolute Gasteiger partial charge is 0.395 e. The van der Waals surface area contributed by atoms with E-state index in [0.29, 0.717) is 13.2 Å². The molecule has 1 atom stereocenters. The summed E-state index contributed by atoms with van der Waals surface area (Å²) in [4.78, 5) is 1.73. The second-order valence-corrected chi connectivity index (χ2v) is 5.14. The van der Waals surface area contributed by atoms with E-state index in [2.05, 4.69) is 0 Å². The van der Waals surface area contributed by atoms with Crippen LogP contribution in [0.15, 0.2) is 0 Å². The fourth-order valence-corrected chi connectivity index (χ4v) is 2.96. The molecule has 2 aliphatic rings. The lowest BCUT2D eigenvalue weighted by Crippen LogP contribution is -2.53. The average molecular weight is 249 g/mol. The van der Waals surface area contributed by atoms with E-state index in [4.69, 9.17) is 9.84 Å². The zero-order valence-electron chi connectivity index (χ0n) is 10.1. The highest BCUT2D eigenvalue weighted by molar-refractivity contribution is 4.96. The molecule has 0 aromatic carbocycles. The third kappa shape index (κ3) is 3.14. The molecular weight excluding hydrogens is 228 g/mol. The summed E-state index contributed by atoms with van der Waals surface area (Å²) in [6.07, 6.45) is 2.62. The predicted molar refractivity (Wildman–Crippen MR) is 60.2 cm³/mol. The number of hydrogen-bond donors (Lipinski definition) is 1. The van der Waals surface area contributed by atoms with Crippen molar-refractivity contribution in [2.45, 2.75) is 50.2 Å². The Kier molecular flexibility index (Phi) is 4.33. The van der Waals surface area contributed by atoms with Gasteiger partial charge in [0.1, 0.15) is 0 Å². The average Bonchev–Trinajstić information content (AvgIpc) is 2.26. The molecule has 2 fully saturated rings. The van der Waals surface area contributed by atoms with Crippen molar-refractivity contribution in [1.82, 2.24) is 4.90 Å². The first-order valence-corrected chi connectivity index (χ1v) is 6.42. The van der Waals surface area contributed by atoms with Crippen molar-refractivity contribution in [2.75, 3.05) is 26.3 Å². The maximum absolute atomic E-state index is 12.5. The Bertz CT molecular complexity index is 247. The number of halogens is 2. The zero-order valence-corrected chi connectivity index (χ0v) is 10.1. The summed E-state index contributed by atoms with van der Waals surface area (Å²) in [5.41, 5.74) is -0.0290. The maximum Gasteiger partial charge on any atom is 0.251 e. The van der Waals surface area contributed by atoms with Gasteiger partial charge in [0.15, 0.2) is 0 Å². The molecule has 1 aliphatic carbocycles. The van der Waals surface area contributed by atoms with Crippen LogP contribution >= 0.6 is 0 Å². The lowest BCUT2D eigenvalue weighted by Gasteiger charge is -2.49. The second-order valence-electron chi connectivity index (χ2n) is 5.14. The van der Waals surface area contributed by atoms with E-state index < -0.39 is 6.43 Å². The molecule has 0 radical (unpaired) electrons. The van der Waals surface area contributed by atoms with Gasteiger partial charge in [0, 0.05) is 19.2 Å². The number of aliphatic hydroxyl groups excluding tert-OH is 1. The molecule has 1 N–H and O–H groups in total. The van der Waals surface area contributed by atoms with E-state index in [9.17, 15) is 8.78 Å². The number of hydrogen-bond acceptors (Lipinski definition) is 3. The molecule has 1 aliphatic heterocycles. The van der Waals surface area contributed by atoms with Crippen LogP contribution in [0.3, 0.4) is 0 Å². The van der Waals surface area contributed by atoms with Gasteiger partial charge in [-0.25, -0.2) is 8.78 Å². The molecule has 0 aromatic rings. The van der Waals surface area contributed by atoms with Gasteiger partial charge in [-0.3, -0.25) is 4.90 Å². The van der Waals surface area contributed by atoms with Gasteiger partial charge in [-0.15, -0.1) is 0 Å². The quantitative estimate of drug-likeness (QED) is 0.804. The van der Waals surface area contributed by atoms with Gasteiger partial charge < -0.3 is 9.84 Å². The number of nitrogens with zero attached hydrogens (tertiary/aromatic N) is 1. The lowest BCUT2D eigenvalue weighted by atomic mass is 9.73. The topological polar surface area (TPSA) is 32.7 Å². The van der Waals surface area contributed by atoms with Gasteiger partial charge in [-0.05, 0) is 32.1 Å². The monoisotopic (exact) mass is 249 g/mol. The van der Waals surface area contributed by atoms with Crippen molar-refractivity contribution < 1.29 is 18.6 Å². The highest BCUT2D eigenvalue weighted by Crippen LogP contribution is 2.43. The minimum Gasteiger partial charge on any atom is -0.395 e. The molecule has 1 spiro atoms. The second kappa shape index (κ2) is 5.59. The molecule has 1 unspecified atom stereocenters. The van der Waals surface area contributed by atoms with Crippen molar-refractivity contribution in [3.05, 3.63) is 0 Å². The van der Waals surface area contributed by atoms with Crippen LogP contribution < -0.4 is 0 Å². The predicted octanol–water partition coefficient (Wildman–Crippen LogP) is 1.65. The summed E-state index contributed by atoms with van der Waals surface area (Å²) in [5, 5.41) is 8.96. The molecule has 5 heteroatoms. The van der Waals surface area contributed by atoms with Gasteiger partial charge in [-0.1, -0.05) is 0 Å². The SMILES string of the molecule is OCCN(CC(F)F)C1CCOC2(CCC2)C1. The Hall–Kier alpha value is -0.260. The first-order valence-electron chi connectivity index (χ1n) is 6.42. The Labute approximate surface area is 101 Å². The van der Waals surface area contributed by atoms with E-state index in [1.807, 2.05) is 0 Å². The molecule has 1 saturated heterocycles. The zero-order chi connectivity index (χ0) is 12.3. The molecule has 3 nitrogen and oxygen atoms in total. The Morgan fingerprint density at radius 2 is 2.18 bits per heavy atom. The van der Waals surface area contributed by atoms with Gasteiger partial charge >= 0.3 is 0 Å². The number of alkyl halides is 2. The molecule has 0 aromatic heterocycles. The third-order valence-corrected chi connectivity index (χ3v) is 4.01. The van der Waals surface area contributed by atoms with Crippen LogP contribution in [-0.2, 0) is 4.74 Å². The summed E-state index contributed by atoms with van der Waals surface area (Å²) in [5.74, 6) is 0. The van der Waals surface area contributed by atoms with Crippen LogP contribution in [0.4, 0.5) is 8.78 Å². The smallest absolute Gasteiger partial charge is 0.251 e. The maximum atomic E-state index is 12.5. The molecule has 100 valence electrons. The molecular formula is C12H21F2NO2. The fraction of sp³-hybridized carbons (Fsp3) is 1.00. The third-order valence-electron chi connectivity index (χ3n) is 4.01. The van der Waals surface area contributed by atoms with Crippen LogP contribution in [0, 0.1) is 0 Å². The van der Waals surface area contributed by atoms with Gasteiger partial charge in [-0.2, -0.15) is 0 Å². The molecule has 17 heavy (non-hydrogen) atoms. The number of ether oxygens (including phenoxy) is 1. The first-order chi connectivity index (χ1) is 8.15. The van der Waals surface area contributed by atoms with Crippen LogP contribution in [0.5, 0.6) is 0 Å². The van der Waals surface area contributed by atoms with Crippen molar-refractivity contribution >= 4 is 0 Å². The van der Waals surface area contributed by atoms with Crippen LogP contribution in [0.2, 0.25) is 0 Å². The minimum absolute atomic E-state index is 0.0290. The van der Waals surface area contributed by atoms with Gasteiger partial charge in [0.25, 0.3) is 6.43 Å². The normalized spacial score (nSPS) is 27.7. The molecule has 0 amide bonds. The van der Waals surface area contributed by atoms with E-state index in [1.165, 1.54) is 6.42 Å². The number of rotatable bonds is 5. The minimum atomic E-state index is -2.33. The van der Waals surface area contributed by atoms with Crippen molar-refractivity contribution in [1.29, 1.82) is 0 Å². The summed E-state index contributed by atoms with van der Waals surface area (Å²) in [7, 11) is 0. The fourth-order valence-electron chi connectivity index (χ4n) is 2.96. The first kappa shape index (κ1) is 13.2. The van der Waals surface area contributed by atoms with E-state index in [1.54, 1.807) is 4.90 Å². The van der Waals surface area contributed by atoms with E-state index >= 15 is 0 Å². The summed E-state index contributed by atoms with van der Waals surface area (Å²) in [6, 6.07) is 0.144. The van der Waals surface area contributed by atoms with E-state index in [0.717, 1.165) is 25.7 Å². The van der Waals surface area contributed by atoms with Crippen LogP contribution in [-0.4, -0.2) is 54.4 Å². The Balaban J connectivity index is 1.92. The van der Waals surface area contributed by atoms with E-state index in [-0.39, 0.29) is 24.8 Å². The molecule has 1 saturated carbocycles. The summed E-state index contributed by atoms with van der Waals surface area (Å²) >= 11 is 0. The van der Waals surface area contributed by atoms with Crippen LogP contribution in [0.25, 0.3) is 0 Å². The van der Waals surface area contributed by atoms with Crippen molar-refractivity contribution in [2.24, 2.45) is 0 Å². The molecule has 1 heterocycles. The standard InChI is InChI=1S/C12H21F2NO2/c13-11(14)9-15(5-6-16)10-2-7-17-12(8-10)3-1-4-12/h10-11,16H,1-9H2. The molecule has 0 bridgehead atoms. The van der Waals surface area contributed by atoms with Gasteiger partial charge in [0.05, 0.1) is 18.8 Å². The summed E-state index contributed by atoms with van der Waals surface area (Å²) < 4.78 is 30.8. The highest BCUT2D eigenvalue weighted by atomic mass is 19.3. The Morgan fingerprint density at radius 3 is 2.71 bits per heavy atom. The van der Waals surface area contributed by atoms with Crippen molar-refractivity contribution in [3.63, 3.8) is 0 Å². The Morgan fingerprint density at radius 1 is 1.41 bits per heavy atom. The number of aliphatic hydroxyl groups is 1. The van der Waals surface area contributed by atoms with Gasteiger partial charge in [0.2, 0.25) is 0 Å². The van der Waals surface area contributed by atoms with Crippen LogP contribution in [0.1, 0.15) is 32.1 Å². The molecule has 2 rings (SSSR count). The summed E-state index contributed by atoms with van der Waals surface area (Å²) in [6.45, 7) is 0.708. The van der Waals surface area contributed by atoms with Crippen molar-refractivity contribution in [3.8, 4) is 0 Å². The lowest BCUT2D eigenvalue weighted by molar-refractivity contribution is -0.151. The highest BCUT2D eigenvalue weighted by Gasteiger charge is 2.43.